The number of methoxy groups -OCH3 is 1. The highest BCUT2D eigenvalue weighted by Crippen LogP contribution is 2.16. The van der Waals surface area contributed by atoms with Crippen molar-refractivity contribution < 1.29 is 14.5 Å². The number of amides is 1. The van der Waals surface area contributed by atoms with Crippen molar-refractivity contribution >= 4 is 23.1 Å². The molecule has 0 aromatic carbocycles. The lowest BCUT2D eigenvalue weighted by Crippen LogP contribution is -2.30. The second-order valence-corrected chi connectivity index (χ2v) is 4.55. The summed E-state index contributed by atoms with van der Waals surface area (Å²) in [4.78, 5) is 25.6. The van der Waals surface area contributed by atoms with Gasteiger partial charge in [-0.1, -0.05) is 0 Å². The molecule has 0 saturated carbocycles. The van der Waals surface area contributed by atoms with Gasteiger partial charge in [-0.15, -0.1) is 0 Å². The van der Waals surface area contributed by atoms with E-state index >= 15 is 0 Å². The van der Waals surface area contributed by atoms with Gasteiger partial charge in [0.1, 0.15) is 18.6 Å². The van der Waals surface area contributed by atoms with Gasteiger partial charge < -0.3 is 15.4 Å². The van der Waals surface area contributed by atoms with Crippen LogP contribution in [0.25, 0.3) is 0 Å². The highest BCUT2D eigenvalue weighted by atomic mass is 16.6. The summed E-state index contributed by atoms with van der Waals surface area (Å²) in [5.74, 6) is 0.268. The molecule has 2 heterocycles. The Labute approximate surface area is 131 Å². The lowest BCUT2D eigenvalue weighted by Gasteiger charge is -2.04. The third kappa shape index (κ3) is 5.04. The Bertz CT molecular complexity index is 669. The fourth-order valence-electron chi connectivity index (χ4n) is 1.73. The second-order valence-electron chi connectivity index (χ2n) is 4.55. The number of hydrogen-bond donors (Lipinski definition) is 2. The molecular formula is C13H16N6O4. The zero-order valence-corrected chi connectivity index (χ0v) is 12.4. The van der Waals surface area contributed by atoms with Gasteiger partial charge in [-0.3, -0.25) is 19.6 Å². The molecule has 122 valence electrons. The summed E-state index contributed by atoms with van der Waals surface area (Å²) in [6.45, 7) is 0.969. The normalized spacial score (nSPS) is 10.3. The number of carbonyl (C=O) groups excluding carboxylic acids is 1. The van der Waals surface area contributed by atoms with Crippen molar-refractivity contribution in [3.05, 3.63) is 40.8 Å². The van der Waals surface area contributed by atoms with Crippen molar-refractivity contribution in [2.45, 2.75) is 6.54 Å². The minimum Gasteiger partial charge on any atom is -0.383 e. The topological polar surface area (TPSA) is 124 Å². The van der Waals surface area contributed by atoms with Crippen molar-refractivity contribution in [1.82, 2.24) is 20.1 Å². The molecule has 2 rings (SSSR count). The lowest BCUT2D eigenvalue weighted by atomic mass is 10.4. The number of rotatable bonds is 8. The van der Waals surface area contributed by atoms with Gasteiger partial charge in [0, 0.05) is 25.9 Å². The van der Waals surface area contributed by atoms with Crippen LogP contribution in [0.15, 0.2) is 30.7 Å². The molecule has 10 heteroatoms. The summed E-state index contributed by atoms with van der Waals surface area (Å²) >= 11 is 0. The number of ether oxygens (including phenoxy) is 1. The van der Waals surface area contributed by atoms with Gasteiger partial charge in [0.2, 0.25) is 5.91 Å². The van der Waals surface area contributed by atoms with Crippen molar-refractivity contribution in [3.63, 3.8) is 0 Å². The SMILES string of the molecule is COCCNC(=O)Cn1cc(Nc2ccc([N+](=O)[O-])cn2)cn1. The predicted molar refractivity (Wildman–Crippen MR) is 81.3 cm³/mol. The Kier molecular flexibility index (Phi) is 5.58. The smallest absolute Gasteiger partial charge is 0.287 e. The summed E-state index contributed by atoms with van der Waals surface area (Å²) in [7, 11) is 1.56. The van der Waals surface area contributed by atoms with Crippen molar-refractivity contribution in [2.75, 3.05) is 25.6 Å². The van der Waals surface area contributed by atoms with Crippen molar-refractivity contribution in [3.8, 4) is 0 Å². The Morgan fingerprint density at radius 1 is 1.43 bits per heavy atom. The van der Waals surface area contributed by atoms with Crippen LogP contribution in [0.3, 0.4) is 0 Å². The monoisotopic (exact) mass is 320 g/mol. The fraction of sp³-hybridized carbons (Fsp3) is 0.308. The molecule has 2 N–H and O–H groups in total. The number of aromatic nitrogens is 3. The van der Waals surface area contributed by atoms with E-state index in [1.165, 1.54) is 23.0 Å². The predicted octanol–water partition coefficient (Wildman–Crippen LogP) is 0.692. The first-order valence-electron chi connectivity index (χ1n) is 6.74. The molecular weight excluding hydrogens is 304 g/mol. The lowest BCUT2D eigenvalue weighted by molar-refractivity contribution is -0.385. The summed E-state index contributed by atoms with van der Waals surface area (Å²) < 4.78 is 6.31. The van der Waals surface area contributed by atoms with Crippen LogP contribution in [0.1, 0.15) is 0 Å². The average molecular weight is 320 g/mol. The molecule has 23 heavy (non-hydrogen) atoms. The van der Waals surface area contributed by atoms with Gasteiger partial charge >= 0.3 is 0 Å². The molecule has 0 aliphatic heterocycles. The third-order valence-corrected chi connectivity index (χ3v) is 2.80. The van der Waals surface area contributed by atoms with Gasteiger partial charge in [-0.2, -0.15) is 5.10 Å². The second kappa shape index (κ2) is 7.84. The van der Waals surface area contributed by atoms with E-state index in [4.69, 9.17) is 4.74 Å². The van der Waals surface area contributed by atoms with Gasteiger partial charge in [-0.05, 0) is 6.07 Å². The van der Waals surface area contributed by atoms with E-state index in [9.17, 15) is 14.9 Å². The van der Waals surface area contributed by atoms with Crippen LogP contribution >= 0.6 is 0 Å². The Hall–Kier alpha value is -3.01. The molecule has 0 saturated heterocycles. The molecule has 0 radical (unpaired) electrons. The minimum absolute atomic E-state index is 0.0824. The Balaban J connectivity index is 1.89. The number of hydrogen-bond acceptors (Lipinski definition) is 7. The molecule has 0 aliphatic rings. The summed E-state index contributed by atoms with van der Waals surface area (Å²) in [6.07, 6.45) is 4.33. The maximum atomic E-state index is 11.6. The van der Waals surface area contributed by atoms with Gasteiger partial charge in [0.15, 0.2) is 0 Å². The number of anilines is 2. The van der Waals surface area contributed by atoms with Crippen molar-refractivity contribution in [1.29, 1.82) is 0 Å². The first kappa shape index (κ1) is 16.4. The third-order valence-electron chi connectivity index (χ3n) is 2.80. The van der Waals surface area contributed by atoms with E-state index in [1.54, 1.807) is 13.3 Å². The first-order chi connectivity index (χ1) is 11.1. The summed E-state index contributed by atoms with van der Waals surface area (Å²) in [6, 6.07) is 2.84. The largest absolute Gasteiger partial charge is 0.383 e. The van der Waals surface area contributed by atoms with E-state index in [0.29, 0.717) is 24.7 Å². The molecule has 2 aromatic heterocycles. The van der Waals surface area contributed by atoms with E-state index in [1.807, 2.05) is 0 Å². The van der Waals surface area contributed by atoms with Gasteiger partial charge in [0.05, 0.1) is 23.4 Å². The van der Waals surface area contributed by atoms with E-state index < -0.39 is 4.92 Å². The average Bonchev–Trinajstić information content (AvgIpc) is 2.95. The van der Waals surface area contributed by atoms with Crippen LogP contribution in [0.2, 0.25) is 0 Å². The standard InChI is InChI=1S/C13H16N6O4/c1-23-5-4-14-13(20)9-18-8-10(6-16-18)17-12-3-2-11(7-15-12)19(21)22/h2-3,6-8H,4-5,9H2,1H3,(H,14,20)(H,15,17). The molecule has 1 amide bonds. The van der Waals surface area contributed by atoms with E-state index in [-0.39, 0.29) is 18.1 Å². The number of nitro groups is 1. The Morgan fingerprint density at radius 2 is 2.26 bits per heavy atom. The number of carbonyl (C=O) groups is 1. The molecule has 0 atom stereocenters. The summed E-state index contributed by atoms with van der Waals surface area (Å²) in [5.41, 5.74) is 0.537. The van der Waals surface area contributed by atoms with Crippen molar-refractivity contribution in [2.24, 2.45) is 0 Å². The number of nitrogens with zero attached hydrogens (tertiary/aromatic N) is 4. The molecule has 0 fully saturated rings. The van der Waals surface area contributed by atoms with Crippen LogP contribution in [-0.4, -0.2) is 45.9 Å². The highest BCUT2D eigenvalue weighted by molar-refractivity contribution is 5.75. The van der Waals surface area contributed by atoms with E-state index in [0.717, 1.165) is 6.20 Å². The number of nitrogens with one attached hydrogen (secondary N) is 2. The molecule has 0 spiro atoms. The highest BCUT2D eigenvalue weighted by Gasteiger charge is 2.07. The minimum atomic E-state index is -0.517. The maximum Gasteiger partial charge on any atom is 0.287 e. The zero-order chi connectivity index (χ0) is 16.7. The molecule has 2 aromatic rings. The number of pyridine rings is 1. The van der Waals surface area contributed by atoms with Crippen LogP contribution in [0.5, 0.6) is 0 Å². The van der Waals surface area contributed by atoms with Crippen LogP contribution in [-0.2, 0) is 16.1 Å². The first-order valence-corrected chi connectivity index (χ1v) is 6.74. The molecule has 0 bridgehead atoms. The van der Waals surface area contributed by atoms with E-state index in [2.05, 4.69) is 20.7 Å². The molecule has 0 aliphatic carbocycles. The fourth-order valence-corrected chi connectivity index (χ4v) is 1.73. The van der Waals surface area contributed by atoms with Crippen LogP contribution in [0.4, 0.5) is 17.2 Å². The van der Waals surface area contributed by atoms with Crippen LogP contribution < -0.4 is 10.6 Å². The zero-order valence-electron chi connectivity index (χ0n) is 12.4. The van der Waals surface area contributed by atoms with Gasteiger partial charge in [0.25, 0.3) is 5.69 Å². The van der Waals surface area contributed by atoms with Crippen LogP contribution in [0, 0.1) is 10.1 Å². The summed E-state index contributed by atoms with van der Waals surface area (Å²) in [5, 5.41) is 20.2. The molecule has 10 nitrogen and oxygen atoms in total. The van der Waals surface area contributed by atoms with Gasteiger partial charge in [-0.25, -0.2) is 4.98 Å². The molecule has 0 unspecified atom stereocenters. The Morgan fingerprint density at radius 3 is 2.91 bits per heavy atom. The maximum absolute atomic E-state index is 11.6. The quantitative estimate of drug-likeness (QED) is 0.416.